The fourth-order valence-electron chi connectivity index (χ4n) is 3.47. The second kappa shape index (κ2) is 6.59. The van der Waals surface area contributed by atoms with Gasteiger partial charge >= 0.3 is 0 Å². The molecule has 2 unspecified atom stereocenters. The molecular formula is C16H28N2O2. The molecule has 2 atom stereocenters. The van der Waals surface area contributed by atoms with Gasteiger partial charge in [0.25, 0.3) is 0 Å². The van der Waals surface area contributed by atoms with E-state index in [0.717, 1.165) is 12.8 Å². The summed E-state index contributed by atoms with van der Waals surface area (Å²) >= 11 is 0. The van der Waals surface area contributed by atoms with Crippen LogP contribution in [-0.2, 0) is 9.59 Å². The highest BCUT2D eigenvalue weighted by atomic mass is 16.2. The number of nitrogens with zero attached hydrogens (tertiary/aromatic N) is 1. The lowest BCUT2D eigenvalue weighted by molar-refractivity contribution is -0.153. The maximum absolute atomic E-state index is 12.7. The highest BCUT2D eigenvalue weighted by molar-refractivity contribution is 5.97. The summed E-state index contributed by atoms with van der Waals surface area (Å²) in [6.07, 6.45) is 8.28. The molecule has 2 amide bonds. The van der Waals surface area contributed by atoms with Crippen LogP contribution in [0.1, 0.15) is 65.7 Å². The van der Waals surface area contributed by atoms with Crippen molar-refractivity contribution < 1.29 is 9.59 Å². The Kier molecular flexibility index (Phi) is 5.06. The number of nitrogens with one attached hydrogen (secondary N) is 1. The van der Waals surface area contributed by atoms with E-state index in [2.05, 4.69) is 5.32 Å². The Morgan fingerprint density at radius 3 is 2.15 bits per heavy atom. The molecule has 0 aromatic rings. The zero-order valence-electron chi connectivity index (χ0n) is 13.0. The predicted molar refractivity (Wildman–Crippen MR) is 79.2 cm³/mol. The van der Waals surface area contributed by atoms with Crippen LogP contribution in [-0.4, -0.2) is 34.8 Å². The van der Waals surface area contributed by atoms with E-state index in [0.29, 0.717) is 0 Å². The van der Waals surface area contributed by atoms with Crippen LogP contribution in [0.4, 0.5) is 0 Å². The first-order valence-electron chi connectivity index (χ1n) is 8.15. The summed E-state index contributed by atoms with van der Waals surface area (Å²) in [5.41, 5.74) is 0. The molecule has 1 N–H and O–H groups in total. The van der Waals surface area contributed by atoms with Crippen molar-refractivity contribution in [3.63, 3.8) is 0 Å². The monoisotopic (exact) mass is 280 g/mol. The molecular weight excluding hydrogens is 252 g/mol. The van der Waals surface area contributed by atoms with Gasteiger partial charge in [0.05, 0.1) is 0 Å². The average Bonchev–Trinajstić information content (AvgIpc) is 2.35. The molecule has 0 bridgehead atoms. The zero-order chi connectivity index (χ0) is 14.7. The average molecular weight is 280 g/mol. The Morgan fingerprint density at radius 1 is 1.05 bits per heavy atom. The van der Waals surface area contributed by atoms with Gasteiger partial charge in [0, 0.05) is 6.04 Å². The number of rotatable bonds is 2. The van der Waals surface area contributed by atoms with Gasteiger partial charge in [-0.1, -0.05) is 46.0 Å². The van der Waals surface area contributed by atoms with E-state index >= 15 is 0 Å². The summed E-state index contributed by atoms with van der Waals surface area (Å²) in [5.74, 6) is 0.276. The number of carbonyl (C=O) groups excluding carboxylic acids is 2. The van der Waals surface area contributed by atoms with Crippen LogP contribution in [0.3, 0.4) is 0 Å². The first-order valence-corrected chi connectivity index (χ1v) is 8.15. The molecule has 0 aromatic heterocycles. The van der Waals surface area contributed by atoms with Crippen molar-refractivity contribution in [1.29, 1.82) is 0 Å². The van der Waals surface area contributed by atoms with Gasteiger partial charge in [0.1, 0.15) is 12.1 Å². The van der Waals surface area contributed by atoms with Crippen LogP contribution >= 0.6 is 0 Å². The molecule has 2 aliphatic rings. The normalized spacial score (nSPS) is 30.1. The molecule has 0 spiro atoms. The lowest BCUT2D eigenvalue weighted by atomic mass is 9.91. The minimum absolute atomic E-state index is 0.00496. The largest absolute Gasteiger partial charge is 0.342 e. The van der Waals surface area contributed by atoms with Gasteiger partial charge in [-0.3, -0.25) is 9.59 Å². The standard InChI is InChI=1S/C16H28N2O2/c1-11(2)14-16(20)18(12(3)15(19)17-14)13-9-7-5-4-6-8-10-13/h11-14H,4-10H2,1-3H3,(H,17,19). The molecule has 0 aromatic carbocycles. The van der Waals surface area contributed by atoms with Crippen LogP contribution in [0.15, 0.2) is 0 Å². The molecule has 1 heterocycles. The Morgan fingerprint density at radius 2 is 1.60 bits per heavy atom. The molecule has 2 fully saturated rings. The van der Waals surface area contributed by atoms with E-state index in [-0.39, 0.29) is 35.9 Å². The molecule has 4 heteroatoms. The van der Waals surface area contributed by atoms with Crippen molar-refractivity contribution in [2.45, 2.75) is 83.8 Å². The quantitative estimate of drug-likeness (QED) is 0.844. The van der Waals surface area contributed by atoms with Gasteiger partial charge < -0.3 is 10.2 Å². The zero-order valence-corrected chi connectivity index (χ0v) is 13.0. The minimum Gasteiger partial charge on any atom is -0.342 e. The van der Waals surface area contributed by atoms with Gasteiger partial charge in [0.2, 0.25) is 11.8 Å². The van der Waals surface area contributed by atoms with Crippen LogP contribution in [0.5, 0.6) is 0 Å². The number of hydrogen-bond acceptors (Lipinski definition) is 2. The minimum atomic E-state index is -0.343. The second-order valence-electron chi connectivity index (χ2n) is 6.65. The number of piperazine rings is 1. The third-order valence-corrected chi connectivity index (χ3v) is 4.75. The summed E-state index contributed by atoms with van der Waals surface area (Å²) in [4.78, 5) is 26.8. The van der Waals surface area contributed by atoms with E-state index < -0.39 is 0 Å². The highest BCUT2D eigenvalue weighted by Crippen LogP contribution is 2.26. The summed E-state index contributed by atoms with van der Waals surface area (Å²) < 4.78 is 0. The highest BCUT2D eigenvalue weighted by Gasteiger charge is 2.42. The molecule has 4 nitrogen and oxygen atoms in total. The second-order valence-corrected chi connectivity index (χ2v) is 6.65. The van der Waals surface area contributed by atoms with Crippen LogP contribution in [0.2, 0.25) is 0 Å². The van der Waals surface area contributed by atoms with Crippen molar-refractivity contribution in [2.24, 2.45) is 5.92 Å². The Balaban J connectivity index is 2.16. The molecule has 1 saturated heterocycles. The van der Waals surface area contributed by atoms with Crippen molar-refractivity contribution in [3.05, 3.63) is 0 Å². The summed E-state index contributed by atoms with van der Waals surface area (Å²) in [5, 5.41) is 2.88. The van der Waals surface area contributed by atoms with E-state index in [1.54, 1.807) is 0 Å². The fraction of sp³-hybridized carbons (Fsp3) is 0.875. The third-order valence-electron chi connectivity index (χ3n) is 4.75. The van der Waals surface area contributed by atoms with Gasteiger partial charge in [0.15, 0.2) is 0 Å². The number of hydrogen-bond donors (Lipinski definition) is 1. The smallest absolute Gasteiger partial charge is 0.246 e. The van der Waals surface area contributed by atoms with Crippen molar-refractivity contribution in [2.75, 3.05) is 0 Å². The van der Waals surface area contributed by atoms with E-state index in [1.807, 2.05) is 25.7 Å². The first-order chi connectivity index (χ1) is 9.52. The Labute approximate surface area is 122 Å². The Hall–Kier alpha value is -1.06. The van der Waals surface area contributed by atoms with Gasteiger partial charge in [-0.2, -0.15) is 0 Å². The number of carbonyl (C=O) groups is 2. The SMILES string of the molecule is CC(C)C1NC(=O)C(C)N(C2CCCCCCC2)C1=O. The van der Waals surface area contributed by atoms with Gasteiger partial charge in [-0.25, -0.2) is 0 Å². The predicted octanol–water partition coefficient (Wildman–Crippen LogP) is 2.47. The van der Waals surface area contributed by atoms with Gasteiger partial charge in [-0.05, 0) is 25.7 Å². The fourth-order valence-corrected chi connectivity index (χ4v) is 3.47. The molecule has 114 valence electrons. The van der Waals surface area contributed by atoms with Crippen LogP contribution in [0, 0.1) is 5.92 Å². The summed E-state index contributed by atoms with van der Waals surface area (Å²) in [6.45, 7) is 5.85. The maximum atomic E-state index is 12.7. The topological polar surface area (TPSA) is 49.4 Å². The lowest BCUT2D eigenvalue weighted by Gasteiger charge is -2.43. The molecule has 2 rings (SSSR count). The first kappa shape index (κ1) is 15.3. The molecule has 20 heavy (non-hydrogen) atoms. The molecule has 1 aliphatic heterocycles. The summed E-state index contributed by atoms with van der Waals surface area (Å²) in [7, 11) is 0. The third kappa shape index (κ3) is 3.15. The number of amides is 2. The lowest BCUT2D eigenvalue weighted by Crippen LogP contribution is -2.66. The van der Waals surface area contributed by atoms with Crippen molar-refractivity contribution in [1.82, 2.24) is 10.2 Å². The van der Waals surface area contributed by atoms with Gasteiger partial charge in [-0.15, -0.1) is 0 Å². The summed E-state index contributed by atoms with van der Waals surface area (Å²) in [6, 6.07) is -0.406. The molecule has 1 aliphatic carbocycles. The van der Waals surface area contributed by atoms with E-state index in [4.69, 9.17) is 0 Å². The van der Waals surface area contributed by atoms with E-state index in [1.165, 1.54) is 32.1 Å². The van der Waals surface area contributed by atoms with E-state index in [9.17, 15) is 9.59 Å². The van der Waals surface area contributed by atoms with Crippen molar-refractivity contribution in [3.8, 4) is 0 Å². The van der Waals surface area contributed by atoms with Crippen LogP contribution in [0.25, 0.3) is 0 Å². The Bertz CT molecular complexity index is 359. The maximum Gasteiger partial charge on any atom is 0.246 e. The molecule has 0 radical (unpaired) electrons. The van der Waals surface area contributed by atoms with Crippen LogP contribution < -0.4 is 5.32 Å². The van der Waals surface area contributed by atoms with Crippen molar-refractivity contribution >= 4 is 11.8 Å². The molecule has 1 saturated carbocycles.